The van der Waals surface area contributed by atoms with Crippen LogP contribution in [-0.2, 0) is 0 Å². The lowest BCUT2D eigenvalue weighted by Crippen LogP contribution is -2.39. The van der Waals surface area contributed by atoms with Gasteiger partial charge in [0.25, 0.3) is 11.8 Å². The third-order valence-corrected chi connectivity index (χ3v) is 3.30. The van der Waals surface area contributed by atoms with Crippen molar-refractivity contribution in [2.75, 3.05) is 5.32 Å². The summed E-state index contributed by atoms with van der Waals surface area (Å²) >= 11 is 0. The minimum Gasteiger partial charge on any atom is -0.307 e. The first-order valence-corrected chi connectivity index (χ1v) is 6.43. The molecule has 5 nitrogen and oxygen atoms in total. The minimum atomic E-state index is -0.745. The zero-order chi connectivity index (χ0) is 15.0. The van der Waals surface area contributed by atoms with Crippen molar-refractivity contribution in [2.24, 2.45) is 0 Å². The van der Waals surface area contributed by atoms with Gasteiger partial charge in [-0.15, -0.1) is 0 Å². The van der Waals surface area contributed by atoms with Crippen LogP contribution >= 0.6 is 0 Å². The number of imide groups is 3. The van der Waals surface area contributed by atoms with Crippen molar-refractivity contribution in [3.63, 3.8) is 0 Å². The Hall–Kier alpha value is -2.95. The molecule has 0 bridgehead atoms. The molecule has 0 unspecified atom stereocenters. The Balaban J connectivity index is 1.85. The van der Waals surface area contributed by atoms with Gasteiger partial charge in [0.05, 0.1) is 11.1 Å². The number of benzene rings is 2. The van der Waals surface area contributed by atoms with Crippen LogP contribution in [0.25, 0.3) is 0 Å². The molecule has 0 radical (unpaired) electrons. The van der Waals surface area contributed by atoms with Gasteiger partial charge in [-0.2, -0.15) is 4.90 Å². The number of carbonyl (C=O) groups excluding carboxylic acids is 3. The lowest BCUT2D eigenvalue weighted by atomic mass is 10.1. The molecule has 3 rings (SSSR count). The smallest absolute Gasteiger partial charge is 0.307 e. The van der Waals surface area contributed by atoms with E-state index in [4.69, 9.17) is 0 Å². The molecule has 4 amide bonds. The van der Waals surface area contributed by atoms with Gasteiger partial charge in [-0.1, -0.05) is 29.8 Å². The largest absolute Gasteiger partial charge is 0.336 e. The first-order chi connectivity index (χ1) is 10.1. The summed E-state index contributed by atoms with van der Waals surface area (Å²) in [5.41, 5.74) is 2.08. The maximum absolute atomic E-state index is 12.2. The van der Waals surface area contributed by atoms with Crippen molar-refractivity contribution in [3.05, 3.63) is 65.2 Å². The molecule has 0 aliphatic carbocycles. The summed E-state index contributed by atoms with van der Waals surface area (Å²) in [6, 6.07) is 12.7. The second-order valence-corrected chi connectivity index (χ2v) is 4.79. The van der Waals surface area contributed by atoms with Gasteiger partial charge in [0.2, 0.25) is 0 Å². The Morgan fingerprint density at radius 2 is 1.43 bits per heavy atom. The summed E-state index contributed by atoms with van der Waals surface area (Å²) in [5.74, 6) is -1.19. The molecule has 1 aliphatic heterocycles. The Morgan fingerprint density at radius 1 is 0.905 bits per heavy atom. The van der Waals surface area contributed by atoms with E-state index in [0.717, 1.165) is 5.56 Å². The zero-order valence-electron chi connectivity index (χ0n) is 11.3. The lowest BCUT2D eigenvalue weighted by Gasteiger charge is -2.13. The highest BCUT2D eigenvalue weighted by Gasteiger charge is 2.39. The first kappa shape index (κ1) is 13.1. The van der Waals surface area contributed by atoms with Crippen LogP contribution in [0.15, 0.2) is 48.5 Å². The standard InChI is InChI=1S/C16H12N2O3/c1-10-6-8-11(9-7-10)17-16(21)18-14(19)12-4-2-3-5-13(12)15(18)20/h2-9H,1H3,(H,17,21). The molecule has 1 heterocycles. The molecular formula is C16H12N2O3. The molecule has 0 atom stereocenters. The van der Waals surface area contributed by atoms with Crippen molar-refractivity contribution in [3.8, 4) is 0 Å². The highest BCUT2D eigenvalue weighted by atomic mass is 16.2. The van der Waals surface area contributed by atoms with E-state index in [-0.39, 0.29) is 11.1 Å². The molecule has 2 aromatic rings. The van der Waals surface area contributed by atoms with Crippen molar-refractivity contribution >= 4 is 23.5 Å². The fourth-order valence-electron chi connectivity index (χ4n) is 2.19. The lowest BCUT2D eigenvalue weighted by molar-refractivity contribution is 0.0713. The highest BCUT2D eigenvalue weighted by molar-refractivity contribution is 6.30. The molecule has 5 heteroatoms. The first-order valence-electron chi connectivity index (χ1n) is 6.43. The van der Waals surface area contributed by atoms with E-state index in [0.29, 0.717) is 10.6 Å². The van der Waals surface area contributed by atoms with Crippen LogP contribution in [0.4, 0.5) is 10.5 Å². The Labute approximate surface area is 121 Å². The molecule has 0 fully saturated rings. The normalized spacial score (nSPS) is 13.3. The summed E-state index contributed by atoms with van der Waals surface area (Å²) in [6.45, 7) is 1.93. The van der Waals surface area contributed by atoms with E-state index in [2.05, 4.69) is 5.32 Å². The summed E-state index contributed by atoms with van der Waals surface area (Å²) in [4.78, 5) is 37.1. The van der Waals surface area contributed by atoms with Gasteiger partial charge in [-0.05, 0) is 31.2 Å². The van der Waals surface area contributed by atoms with Gasteiger partial charge in [0.15, 0.2) is 0 Å². The summed E-state index contributed by atoms with van der Waals surface area (Å²) in [6.07, 6.45) is 0. The van der Waals surface area contributed by atoms with Crippen LogP contribution in [0.2, 0.25) is 0 Å². The maximum Gasteiger partial charge on any atom is 0.336 e. The third-order valence-electron chi connectivity index (χ3n) is 3.30. The van der Waals surface area contributed by atoms with E-state index >= 15 is 0 Å². The minimum absolute atomic E-state index is 0.251. The number of amides is 4. The molecule has 0 aromatic heterocycles. The SMILES string of the molecule is Cc1ccc(NC(=O)N2C(=O)c3ccccc3C2=O)cc1. The number of carbonyl (C=O) groups is 3. The van der Waals surface area contributed by atoms with Gasteiger partial charge in [-0.25, -0.2) is 4.79 Å². The molecule has 104 valence electrons. The quantitative estimate of drug-likeness (QED) is 0.817. The molecule has 1 aliphatic rings. The predicted molar refractivity (Wildman–Crippen MR) is 77.1 cm³/mol. The van der Waals surface area contributed by atoms with Crippen LogP contribution in [0.1, 0.15) is 26.3 Å². The molecule has 1 N–H and O–H groups in total. The van der Waals surface area contributed by atoms with Crippen LogP contribution in [0.3, 0.4) is 0 Å². The van der Waals surface area contributed by atoms with E-state index in [1.54, 1.807) is 24.3 Å². The molecule has 21 heavy (non-hydrogen) atoms. The number of urea groups is 1. The Morgan fingerprint density at radius 3 is 1.95 bits per heavy atom. The molecule has 0 saturated heterocycles. The second kappa shape index (κ2) is 4.86. The van der Waals surface area contributed by atoms with Crippen LogP contribution < -0.4 is 5.32 Å². The molecule has 0 saturated carbocycles. The molecular weight excluding hydrogens is 268 g/mol. The van der Waals surface area contributed by atoms with Crippen LogP contribution in [0, 0.1) is 6.92 Å². The summed E-state index contributed by atoms with van der Waals surface area (Å²) < 4.78 is 0. The monoisotopic (exact) mass is 280 g/mol. The number of nitrogens with one attached hydrogen (secondary N) is 1. The van der Waals surface area contributed by atoms with Crippen LogP contribution in [0.5, 0.6) is 0 Å². The number of rotatable bonds is 1. The van der Waals surface area contributed by atoms with E-state index < -0.39 is 17.8 Å². The predicted octanol–water partition coefficient (Wildman–Crippen LogP) is 2.82. The fourth-order valence-corrected chi connectivity index (χ4v) is 2.19. The van der Waals surface area contributed by atoms with E-state index in [1.807, 2.05) is 19.1 Å². The van der Waals surface area contributed by atoms with Gasteiger partial charge < -0.3 is 5.32 Å². The van der Waals surface area contributed by atoms with Gasteiger partial charge >= 0.3 is 6.03 Å². The number of hydrogen-bond donors (Lipinski definition) is 1. The van der Waals surface area contributed by atoms with Crippen molar-refractivity contribution in [2.45, 2.75) is 6.92 Å². The number of hydrogen-bond acceptors (Lipinski definition) is 3. The summed E-state index contributed by atoms with van der Waals surface area (Å²) in [5, 5.41) is 2.55. The second-order valence-electron chi connectivity index (χ2n) is 4.79. The van der Waals surface area contributed by atoms with Crippen molar-refractivity contribution in [1.29, 1.82) is 0 Å². The number of fused-ring (bicyclic) bond motifs is 1. The molecule has 2 aromatic carbocycles. The fraction of sp³-hybridized carbons (Fsp3) is 0.0625. The Kier molecular flexibility index (Phi) is 3.02. The van der Waals surface area contributed by atoms with Gasteiger partial charge in [0.1, 0.15) is 0 Å². The maximum atomic E-state index is 12.2. The van der Waals surface area contributed by atoms with E-state index in [9.17, 15) is 14.4 Å². The molecule has 0 spiro atoms. The number of anilines is 1. The van der Waals surface area contributed by atoms with Crippen molar-refractivity contribution < 1.29 is 14.4 Å². The van der Waals surface area contributed by atoms with Crippen molar-refractivity contribution in [1.82, 2.24) is 4.90 Å². The average molecular weight is 280 g/mol. The third kappa shape index (κ3) is 2.18. The number of nitrogens with zero attached hydrogens (tertiary/aromatic N) is 1. The topological polar surface area (TPSA) is 66.5 Å². The van der Waals surface area contributed by atoms with Gasteiger partial charge in [0, 0.05) is 5.69 Å². The zero-order valence-corrected chi connectivity index (χ0v) is 11.3. The van der Waals surface area contributed by atoms with E-state index in [1.165, 1.54) is 12.1 Å². The van der Waals surface area contributed by atoms with Gasteiger partial charge in [-0.3, -0.25) is 9.59 Å². The Bertz CT molecular complexity index is 715. The highest BCUT2D eigenvalue weighted by Crippen LogP contribution is 2.23. The number of aryl methyl sites for hydroxylation is 1. The van der Waals surface area contributed by atoms with Crippen LogP contribution in [-0.4, -0.2) is 22.7 Å². The summed E-state index contributed by atoms with van der Waals surface area (Å²) in [7, 11) is 0. The average Bonchev–Trinajstić information content (AvgIpc) is 2.74.